The smallest absolute Gasteiger partial charge is 0.269 e. The first-order valence-electron chi connectivity index (χ1n) is 6.87. The lowest BCUT2D eigenvalue weighted by Crippen LogP contribution is -2.34. The van der Waals surface area contributed by atoms with Crippen LogP contribution in [0.15, 0.2) is 53.0 Å². The molecule has 2 aromatic carbocycles. The zero-order valence-electron chi connectivity index (χ0n) is 12.3. The number of halogens is 1. The number of nitro benzene ring substituents is 1. The summed E-state index contributed by atoms with van der Waals surface area (Å²) in [5.74, 6) is -1.87. The van der Waals surface area contributed by atoms with Gasteiger partial charge < -0.3 is 15.2 Å². The van der Waals surface area contributed by atoms with Crippen molar-refractivity contribution < 1.29 is 19.6 Å². The first kappa shape index (κ1) is 17.6. The molecule has 0 saturated carbocycles. The van der Waals surface area contributed by atoms with E-state index in [-0.39, 0.29) is 5.69 Å². The number of benzene rings is 2. The summed E-state index contributed by atoms with van der Waals surface area (Å²) in [6.07, 6.45) is -0.499. The minimum Gasteiger partial charge on any atom is -0.550 e. The maximum Gasteiger partial charge on any atom is 0.269 e. The van der Waals surface area contributed by atoms with Crippen LogP contribution in [0.2, 0.25) is 0 Å². The molecular weight excluding hydrogens is 380 g/mol. The van der Waals surface area contributed by atoms with E-state index < -0.39 is 29.3 Å². The minimum absolute atomic E-state index is 0.187. The lowest BCUT2D eigenvalue weighted by molar-refractivity contribution is -0.385. The number of hydrogen-bond donors (Lipinski definition) is 1. The maximum absolute atomic E-state index is 12.3. The van der Waals surface area contributed by atoms with Crippen LogP contribution in [0, 0.1) is 10.1 Å². The number of aliphatic carboxylic acids is 1. The minimum atomic E-state index is -1.37. The van der Waals surface area contributed by atoms with Crippen molar-refractivity contribution in [1.82, 2.24) is 5.32 Å². The van der Waals surface area contributed by atoms with Gasteiger partial charge in [-0.1, -0.05) is 34.1 Å². The highest BCUT2D eigenvalue weighted by Crippen LogP contribution is 2.22. The standard InChI is InChI=1S/C16H13BrN2O5/c17-12-5-1-4-11(7-12)16(22)18-14(9-15(20)21)10-3-2-6-13(8-10)19(23)24/h1-8,14H,9H2,(H,18,22)(H,20,21)/p-1/t14-/m0/s1. The van der Waals surface area contributed by atoms with Crippen molar-refractivity contribution >= 4 is 33.5 Å². The highest BCUT2D eigenvalue weighted by atomic mass is 79.9. The second-order valence-electron chi connectivity index (χ2n) is 4.96. The molecule has 24 heavy (non-hydrogen) atoms. The number of hydrogen-bond acceptors (Lipinski definition) is 5. The summed E-state index contributed by atoms with van der Waals surface area (Å²) >= 11 is 3.25. The second-order valence-corrected chi connectivity index (χ2v) is 5.88. The van der Waals surface area contributed by atoms with Gasteiger partial charge in [0.1, 0.15) is 0 Å². The average molecular weight is 392 g/mol. The summed E-state index contributed by atoms with van der Waals surface area (Å²) in [5, 5.41) is 24.4. The number of rotatable bonds is 6. The van der Waals surface area contributed by atoms with Gasteiger partial charge in [-0.2, -0.15) is 0 Å². The molecule has 1 N–H and O–H groups in total. The van der Waals surface area contributed by atoms with Crippen LogP contribution < -0.4 is 10.4 Å². The topological polar surface area (TPSA) is 112 Å². The zero-order chi connectivity index (χ0) is 17.7. The molecule has 0 unspecified atom stereocenters. The monoisotopic (exact) mass is 391 g/mol. The van der Waals surface area contributed by atoms with E-state index in [1.54, 1.807) is 24.3 Å². The summed E-state index contributed by atoms with van der Waals surface area (Å²) in [6.45, 7) is 0. The van der Waals surface area contributed by atoms with Gasteiger partial charge >= 0.3 is 0 Å². The van der Waals surface area contributed by atoms with Crippen LogP contribution in [0.5, 0.6) is 0 Å². The molecule has 8 heteroatoms. The van der Waals surface area contributed by atoms with Gasteiger partial charge in [-0.25, -0.2) is 0 Å². The second kappa shape index (κ2) is 7.69. The van der Waals surface area contributed by atoms with Gasteiger partial charge in [0.15, 0.2) is 0 Å². The molecular formula is C16H12BrN2O5-. The average Bonchev–Trinajstić information content (AvgIpc) is 2.54. The molecule has 1 amide bonds. The number of amides is 1. The molecule has 0 aliphatic carbocycles. The number of carboxylic acids is 1. The fourth-order valence-corrected chi connectivity index (χ4v) is 2.54. The lowest BCUT2D eigenvalue weighted by Gasteiger charge is -2.20. The van der Waals surface area contributed by atoms with Gasteiger partial charge in [-0.15, -0.1) is 0 Å². The van der Waals surface area contributed by atoms with Crippen molar-refractivity contribution in [2.45, 2.75) is 12.5 Å². The van der Waals surface area contributed by atoms with E-state index in [4.69, 9.17) is 0 Å². The van der Waals surface area contributed by atoms with E-state index in [1.807, 2.05) is 0 Å². The molecule has 2 aromatic rings. The fraction of sp³-hybridized carbons (Fsp3) is 0.125. The third-order valence-electron chi connectivity index (χ3n) is 3.25. The molecule has 0 aliphatic heterocycles. The Kier molecular flexibility index (Phi) is 5.64. The number of non-ortho nitro benzene ring substituents is 1. The van der Waals surface area contributed by atoms with E-state index >= 15 is 0 Å². The van der Waals surface area contributed by atoms with Gasteiger partial charge in [-0.3, -0.25) is 14.9 Å². The molecule has 0 heterocycles. The Morgan fingerprint density at radius 3 is 2.50 bits per heavy atom. The summed E-state index contributed by atoms with van der Waals surface area (Å²) < 4.78 is 0.696. The highest BCUT2D eigenvalue weighted by molar-refractivity contribution is 9.10. The van der Waals surface area contributed by atoms with Gasteiger partial charge in [0, 0.05) is 34.6 Å². The Hall–Kier alpha value is -2.74. The number of nitrogens with one attached hydrogen (secondary N) is 1. The van der Waals surface area contributed by atoms with E-state index in [2.05, 4.69) is 21.2 Å². The van der Waals surface area contributed by atoms with Crippen molar-refractivity contribution in [2.24, 2.45) is 0 Å². The Morgan fingerprint density at radius 2 is 1.88 bits per heavy atom. The molecule has 0 bridgehead atoms. The van der Waals surface area contributed by atoms with Crippen LogP contribution in [0.25, 0.3) is 0 Å². The van der Waals surface area contributed by atoms with Gasteiger partial charge in [0.25, 0.3) is 11.6 Å². The number of carbonyl (C=O) groups excluding carboxylic acids is 2. The molecule has 7 nitrogen and oxygen atoms in total. The third kappa shape index (κ3) is 4.63. The molecule has 124 valence electrons. The number of nitrogens with zero attached hydrogens (tertiary/aromatic N) is 1. The molecule has 0 radical (unpaired) electrons. The van der Waals surface area contributed by atoms with Crippen LogP contribution in [0.3, 0.4) is 0 Å². The predicted octanol–water partition coefficient (Wildman–Crippen LogP) is 1.97. The Balaban J connectivity index is 2.28. The lowest BCUT2D eigenvalue weighted by atomic mass is 10.0. The van der Waals surface area contributed by atoms with E-state index in [0.29, 0.717) is 15.6 Å². The quantitative estimate of drug-likeness (QED) is 0.597. The van der Waals surface area contributed by atoms with E-state index in [9.17, 15) is 24.8 Å². The van der Waals surface area contributed by atoms with Crippen molar-refractivity contribution in [2.75, 3.05) is 0 Å². The Labute approximate surface area is 145 Å². The summed E-state index contributed by atoms with van der Waals surface area (Å²) in [6, 6.07) is 11.1. The first-order valence-corrected chi connectivity index (χ1v) is 7.66. The van der Waals surface area contributed by atoms with Crippen LogP contribution in [-0.2, 0) is 4.79 Å². The number of nitro groups is 1. The van der Waals surface area contributed by atoms with Crippen LogP contribution in [-0.4, -0.2) is 16.8 Å². The van der Waals surface area contributed by atoms with E-state index in [1.165, 1.54) is 24.3 Å². The van der Waals surface area contributed by atoms with Crippen molar-refractivity contribution in [3.8, 4) is 0 Å². The summed E-state index contributed by atoms with van der Waals surface area (Å²) in [4.78, 5) is 33.5. The number of carbonyl (C=O) groups is 2. The Morgan fingerprint density at radius 1 is 1.17 bits per heavy atom. The van der Waals surface area contributed by atoms with Gasteiger partial charge in [0.05, 0.1) is 11.0 Å². The van der Waals surface area contributed by atoms with Crippen molar-refractivity contribution in [3.05, 3.63) is 74.2 Å². The molecule has 1 atom stereocenters. The predicted molar refractivity (Wildman–Crippen MR) is 87.1 cm³/mol. The van der Waals surface area contributed by atoms with Crippen LogP contribution in [0.4, 0.5) is 5.69 Å². The molecule has 0 aliphatic rings. The molecule has 0 aromatic heterocycles. The SMILES string of the molecule is O=C([O-])C[C@H](NC(=O)c1cccc(Br)c1)c1cccc([N+](=O)[O-])c1. The van der Waals surface area contributed by atoms with Gasteiger partial charge in [0.2, 0.25) is 0 Å². The van der Waals surface area contributed by atoms with Crippen LogP contribution in [0.1, 0.15) is 28.4 Å². The highest BCUT2D eigenvalue weighted by Gasteiger charge is 2.18. The van der Waals surface area contributed by atoms with Gasteiger partial charge in [-0.05, 0) is 23.8 Å². The fourth-order valence-electron chi connectivity index (χ4n) is 2.15. The normalized spacial score (nSPS) is 11.5. The first-order chi connectivity index (χ1) is 11.4. The summed E-state index contributed by atoms with van der Waals surface area (Å²) in [7, 11) is 0. The third-order valence-corrected chi connectivity index (χ3v) is 3.74. The molecule has 0 saturated heterocycles. The van der Waals surface area contributed by atoms with Crippen LogP contribution >= 0.6 is 15.9 Å². The van der Waals surface area contributed by atoms with Crippen molar-refractivity contribution in [1.29, 1.82) is 0 Å². The van der Waals surface area contributed by atoms with Crippen molar-refractivity contribution in [3.63, 3.8) is 0 Å². The Bertz CT molecular complexity index is 794. The largest absolute Gasteiger partial charge is 0.550 e. The maximum atomic E-state index is 12.3. The summed E-state index contributed by atoms with van der Waals surface area (Å²) in [5.41, 5.74) is 0.461. The molecule has 0 spiro atoms. The zero-order valence-corrected chi connectivity index (χ0v) is 13.9. The molecule has 2 rings (SSSR count). The molecule has 0 fully saturated rings. The van der Waals surface area contributed by atoms with E-state index in [0.717, 1.165) is 0 Å². The number of carboxylic acid groups (broad SMARTS) is 1.